The number of anilines is 1. The van der Waals surface area contributed by atoms with Gasteiger partial charge in [-0.1, -0.05) is 0 Å². The number of carbonyl (C=O) groups excluding carboxylic acids is 1. The molecule has 2 N–H and O–H groups in total. The highest BCUT2D eigenvalue weighted by Crippen LogP contribution is 2.29. The van der Waals surface area contributed by atoms with Crippen LogP contribution in [-0.4, -0.2) is 30.3 Å². The Morgan fingerprint density at radius 1 is 1.20 bits per heavy atom. The Balaban J connectivity index is 2.13. The number of ether oxygens (including phenoxy) is 1. The van der Waals surface area contributed by atoms with E-state index in [1.807, 2.05) is 0 Å². The topological polar surface area (TPSA) is 55.6 Å². The van der Waals surface area contributed by atoms with Gasteiger partial charge in [0.2, 0.25) is 0 Å². The summed E-state index contributed by atoms with van der Waals surface area (Å²) in [7, 11) is 0. The minimum atomic E-state index is -4.80. The van der Waals surface area contributed by atoms with Gasteiger partial charge >= 0.3 is 6.36 Å². The first-order valence-corrected chi connectivity index (χ1v) is 6.31. The highest BCUT2D eigenvalue weighted by atomic mass is 19.4. The summed E-state index contributed by atoms with van der Waals surface area (Å²) in [6, 6.07) is 3.59. The van der Waals surface area contributed by atoms with Crippen molar-refractivity contribution in [3.63, 3.8) is 0 Å². The zero-order valence-corrected chi connectivity index (χ0v) is 10.7. The van der Waals surface area contributed by atoms with Gasteiger partial charge in [-0.25, -0.2) is 0 Å². The Morgan fingerprint density at radius 2 is 1.85 bits per heavy atom. The number of amides is 1. The highest BCUT2D eigenvalue weighted by Gasteiger charge is 2.32. The van der Waals surface area contributed by atoms with Crippen LogP contribution < -0.4 is 10.5 Å². The van der Waals surface area contributed by atoms with Crippen LogP contribution in [0.2, 0.25) is 0 Å². The van der Waals surface area contributed by atoms with Gasteiger partial charge in [-0.2, -0.15) is 0 Å². The summed E-state index contributed by atoms with van der Waals surface area (Å²) in [5.41, 5.74) is 5.57. The van der Waals surface area contributed by atoms with Crippen LogP contribution in [0.4, 0.5) is 18.9 Å². The molecule has 110 valence electrons. The molecule has 0 spiro atoms. The molecular weight excluding hydrogens is 273 g/mol. The second-order valence-electron chi connectivity index (χ2n) is 4.65. The van der Waals surface area contributed by atoms with Gasteiger partial charge in [0.25, 0.3) is 5.91 Å². The summed E-state index contributed by atoms with van der Waals surface area (Å²) in [5, 5.41) is 0. The molecule has 7 heteroatoms. The molecule has 2 rings (SSSR count). The zero-order valence-electron chi connectivity index (χ0n) is 10.7. The van der Waals surface area contributed by atoms with Crippen molar-refractivity contribution in [3.05, 3.63) is 23.8 Å². The summed E-state index contributed by atoms with van der Waals surface area (Å²) >= 11 is 0. The number of likely N-dealkylation sites (tertiary alicyclic amines) is 1. The third-order valence-corrected chi connectivity index (χ3v) is 3.13. The van der Waals surface area contributed by atoms with E-state index in [1.54, 1.807) is 4.90 Å². The summed E-state index contributed by atoms with van der Waals surface area (Å²) < 4.78 is 40.1. The normalized spacial score (nSPS) is 16.1. The van der Waals surface area contributed by atoms with Crippen molar-refractivity contribution in [1.29, 1.82) is 0 Å². The van der Waals surface area contributed by atoms with Crippen molar-refractivity contribution in [1.82, 2.24) is 4.90 Å². The fourth-order valence-corrected chi connectivity index (χ4v) is 2.18. The molecule has 20 heavy (non-hydrogen) atoms. The molecule has 1 aliphatic heterocycles. The Kier molecular flexibility index (Phi) is 4.06. The van der Waals surface area contributed by atoms with Crippen molar-refractivity contribution in [3.8, 4) is 5.75 Å². The average Bonchev–Trinajstić information content (AvgIpc) is 2.40. The van der Waals surface area contributed by atoms with Crippen molar-refractivity contribution in [2.24, 2.45) is 0 Å². The van der Waals surface area contributed by atoms with Crippen LogP contribution in [0, 0.1) is 0 Å². The van der Waals surface area contributed by atoms with E-state index in [0.717, 1.165) is 25.3 Å². The molecule has 1 fully saturated rings. The molecule has 0 unspecified atom stereocenters. The summed E-state index contributed by atoms with van der Waals surface area (Å²) in [5.74, 6) is -0.706. The lowest BCUT2D eigenvalue weighted by molar-refractivity contribution is -0.274. The molecule has 1 aromatic rings. The van der Waals surface area contributed by atoms with E-state index in [4.69, 9.17) is 5.73 Å². The van der Waals surface area contributed by atoms with Crippen molar-refractivity contribution < 1.29 is 22.7 Å². The van der Waals surface area contributed by atoms with Crippen molar-refractivity contribution >= 4 is 11.6 Å². The predicted octanol–water partition coefficient (Wildman–Crippen LogP) is 2.79. The summed E-state index contributed by atoms with van der Waals surface area (Å²) in [6.45, 7) is 1.33. The molecule has 0 aliphatic carbocycles. The number of hydrogen-bond acceptors (Lipinski definition) is 3. The number of nitrogens with two attached hydrogens (primary N) is 1. The van der Waals surface area contributed by atoms with Gasteiger partial charge in [-0.05, 0) is 37.5 Å². The number of piperidine rings is 1. The molecule has 1 heterocycles. The molecule has 0 atom stereocenters. The van der Waals surface area contributed by atoms with Gasteiger partial charge in [0, 0.05) is 18.7 Å². The van der Waals surface area contributed by atoms with E-state index in [2.05, 4.69) is 4.74 Å². The number of carbonyl (C=O) groups is 1. The van der Waals surface area contributed by atoms with Crippen molar-refractivity contribution in [2.45, 2.75) is 25.6 Å². The second kappa shape index (κ2) is 5.60. The van der Waals surface area contributed by atoms with Gasteiger partial charge < -0.3 is 15.4 Å². The second-order valence-corrected chi connectivity index (χ2v) is 4.65. The van der Waals surface area contributed by atoms with Crippen LogP contribution >= 0.6 is 0 Å². The molecule has 0 bridgehead atoms. The first-order valence-electron chi connectivity index (χ1n) is 6.31. The average molecular weight is 288 g/mol. The highest BCUT2D eigenvalue weighted by molar-refractivity contribution is 5.95. The third kappa shape index (κ3) is 3.55. The van der Waals surface area contributed by atoms with Gasteiger partial charge in [0.1, 0.15) is 0 Å². The molecule has 0 aromatic heterocycles. The molecule has 1 aromatic carbocycles. The maximum absolute atomic E-state index is 12.2. The van der Waals surface area contributed by atoms with Crippen LogP contribution in [-0.2, 0) is 0 Å². The quantitative estimate of drug-likeness (QED) is 0.851. The monoisotopic (exact) mass is 288 g/mol. The summed E-state index contributed by atoms with van der Waals surface area (Å²) in [6.07, 6.45) is -1.83. The van der Waals surface area contributed by atoms with E-state index in [1.165, 1.54) is 12.1 Å². The molecule has 1 aliphatic rings. The maximum atomic E-state index is 12.2. The Bertz CT molecular complexity index is 497. The van der Waals surface area contributed by atoms with Crippen LogP contribution in [0.1, 0.15) is 29.6 Å². The van der Waals surface area contributed by atoms with Gasteiger partial charge in [-0.15, -0.1) is 13.2 Å². The number of nitrogens with zero attached hydrogens (tertiary/aromatic N) is 1. The SMILES string of the molecule is Nc1cc(C(=O)N2CCCCC2)ccc1OC(F)(F)F. The van der Waals surface area contributed by atoms with Crippen molar-refractivity contribution in [2.75, 3.05) is 18.8 Å². The molecule has 0 saturated carbocycles. The first kappa shape index (κ1) is 14.5. The Labute approximate surface area is 114 Å². The fourth-order valence-electron chi connectivity index (χ4n) is 2.18. The molecule has 0 radical (unpaired) electrons. The standard InChI is InChI=1S/C13H15F3N2O2/c14-13(15,16)20-11-5-4-9(8-10(11)17)12(19)18-6-2-1-3-7-18/h4-5,8H,1-3,6-7,17H2. The van der Waals surface area contributed by atoms with E-state index >= 15 is 0 Å². The smallest absolute Gasteiger partial charge is 0.404 e. The molecule has 4 nitrogen and oxygen atoms in total. The molecular formula is C13H15F3N2O2. The number of halogens is 3. The van der Waals surface area contributed by atoms with E-state index in [0.29, 0.717) is 13.1 Å². The fraction of sp³-hybridized carbons (Fsp3) is 0.462. The van der Waals surface area contributed by atoms with Gasteiger partial charge in [0.15, 0.2) is 5.75 Å². The lowest BCUT2D eigenvalue weighted by Gasteiger charge is -2.26. The predicted molar refractivity (Wildman–Crippen MR) is 67.3 cm³/mol. The van der Waals surface area contributed by atoms with Crippen LogP contribution in [0.5, 0.6) is 5.75 Å². The largest absolute Gasteiger partial charge is 0.573 e. The number of rotatable bonds is 2. The Morgan fingerprint density at radius 3 is 2.40 bits per heavy atom. The minimum absolute atomic E-state index is 0.204. The summed E-state index contributed by atoms with van der Waals surface area (Å²) in [4.78, 5) is 13.8. The number of alkyl halides is 3. The minimum Gasteiger partial charge on any atom is -0.404 e. The number of hydrogen-bond donors (Lipinski definition) is 1. The van der Waals surface area contributed by atoms with Gasteiger partial charge in [-0.3, -0.25) is 4.79 Å². The number of benzene rings is 1. The third-order valence-electron chi connectivity index (χ3n) is 3.13. The lowest BCUT2D eigenvalue weighted by atomic mass is 10.1. The first-order chi connectivity index (χ1) is 9.37. The molecule has 1 amide bonds. The van der Waals surface area contributed by atoms with E-state index < -0.39 is 12.1 Å². The molecule has 1 saturated heterocycles. The number of nitrogen functional groups attached to an aromatic ring is 1. The van der Waals surface area contributed by atoms with E-state index in [9.17, 15) is 18.0 Å². The van der Waals surface area contributed by atoms with Crippen LogP contribution in [0.3, 0.4) is 0 Å². The Hall–Kier alpha value is -1.92. The maximum Gasteiger partial charge on any atom is 0.573 e. The van der Waals surface area contributed by atoms with E-state index in [-0.39, 0.29) is 17.2 Å². The van der Waals surface area contributed by atoms with Crippen LogP contribution in [0.15, 0.2) is 18.2 Å². The lowest BCUT2D eigenvalue weighted by Crippen LogP contribution is -2.35. The van der Waals surface area contributed by atoms with Crippen LogP contribution in [0.25, 0.3) is 0 Å². The zero-order chi connectivity index (χ0) is 14.8. The van der Waals surface area contributed by atoms with Gasteiger partial charge in [0.05, 0.1) is 5.69 Å².